The highest BCUT2D eigenvalue weighted by Crippen LogP contribution is 2.34. The van der Waals surface area contributed by atoms with E-state index in [-0.39, 0.29) is 10.0 Å². The van der Waals surface area contributed by atoms with Crippen molar-refractivity contribution in [1.82, 2.24) is 0 Å². The summed E-state index contributed by atoms with van der Waals surface area (Å²) in [7, 11) is 0. The first-order valence-electron chi connectivity index (χ1n) is 4.11. The molecule has 0 aliphatic heterocycles. The van der Waals surface area contributed by atoms with E-state index in [0.717, 1.165) is 19.1 Å². The molecule has 0 unspecified atom stereocenters. The summed E-state index contributed by atoms with van der Waals surface area (Å²) in [5.41, 5.74) is -1.25. The predicted octanol–water partition coefficient (Wildman–Crippen LogP) is 3.50. The number of Topliss-reactive ketones (excluding diaryl/α,β-unsaturated/α-hetero) is 1. The minimum Gasteiger partial charge on any atom is -0.294 e. The number of hydrogen-bond donors (Lipinski definition) is 0. The molecule has 0 saturated carbocycles. The van der Waals surface area contributed by atoms with Gasteiger partial charge in [-0.3, -0.25) is 14.9 Å². The zero-order valence-electron chi connectivity index (χ0n) is 8.04. The van der Waals surface area contributed by atoms with Crippen LogP contribution in [0.15, 0.2) is 16.6 Å². The SMILES string of the molecule is CC(=O)c1cc([N+](=O)[O-])cc(Br)c1C(F)F. The van der Waals surface area contributed by atoms with Crippen LogP contribution in [0.2, 0.25) is 0 Å². The summed E-state index contributed by atoms with van der Waals surface area (Å²) in [6, 6.07) is 1.81. The van der Waals surface area contributed by atoms with E-state index < -0.39 is 28.4 Å². The third-order valence-electron chi connectivity index (χ3n) is 1.92. The summed E-state index contributed by atoms with van der Waals surface area (Å²) < 4.78 is 25.1. The molecular weight excluding hydrogens is 288 g/mol. The van der Waals surface area contributed by atoms with Gasteiger partial charge >= 0.3 is 0 Å². The standard InChI is InChI=1S/C9H6BrF2NO3/c1-4(14)6-2-5(13(15)16)3-7(10)8(6)9(11)12/h2-3,9H,1H3. The van der Waals surface area contributed by atoms with Crippen molar-refractivity contribution in [2.75, 3.05) is 0 Å². The number of halogens is 3. The molecule has 4 nitrogen and oxygen atoms in total. The third-order valence-corrected chi connectivity index (χ3v) is 2.58. The molecule has 0 aliphatic carbocycles. The van der Waals surface area contributed by atoms with E-state index in [1.807, 2.05) is 0 Å². The van der Waals surface area contributed by atoms with E-state index in [9.17, 15) is 23.7 Å². The van der Waals surface area contributed by atoms with E-state index in [2.05, 4.69) is 15.9 Å². The molecule has 1 aromatic carbocycles. The summed E-state index contributed by atoms with van der Waals surface area (Å²) in [4.78, 5) is 20.9. The molecular formula is C9H6BrF2NO3. The molecule has 0 spiro atoms. The molecule has 7 heteroatoms. The van der Waals surface area contributed by atoms with Crippen LogP contribution >= 0.6 is 15.9 Å². The van der Waals surface area contributed by atoms with Gasteiger partial charge in [0.15, 0.2) is 5.78 Å². The maximum atomic E-state index is 12.6. The van der Waals surface area contributed by atoms with Crippen molar-refractivity contribution in [1.29, 1.82) is 0 Å². The van der Waals surface area contributed by atoms with Gasteiger partial charge in [-0.25, -0.2) is 8.78 Å². The topological polar surface area (TPSA) is 60.2 Å². The Hall–Kier alpha value is -1.37. The van der Waals surface area contributed by atoms with Crippen molar-refractivity contribution < 1.29 is 18.5 Å². The Morgan fingerprint density at radius 2 is 2.06 bits per heavy atom. The number of carbonyl (C=O) groups excluding carboxylic acids is 1. The van der Waals surface area contributed by atoms with Crippen molar-refractivity contribution >= 4 is 27.4 Å². The number of nitro groups is 1. The quantitative estimate of drug-likeness (QED) is 0.487. The number of benzene rings is 1. The van der Waals surface area contributed by atoms with Gasteiger partial charge in [0.1, 0.15) is 0 Å². The fraction of sp³-hybridized carbons (Fsp3) is 0.222. The highest BCUT2D eigenvalue weighted by atomic mass is 79.9. The largest absolute Gasteiger partial charge is 0.294 e. The van der Waals surface area contributed by atoms with Crippen molar-refractivity contribution in [3.05, 3.63) is 37.8 Å². The van der Waals surface area contributed by atoms with Crippen LogP contribution in [-0.4, -0.2) is 10.7 Å². The Morgan fingerprint density at radius 3 is 2.44 bits per heavy atom. The van der Waals surface area contributed by atoms with Crippen LogP contribution in [-0.2, 0) is 0 Å². The lowest BCUT2D eigenvalue weighted by molar-refractivity contribution is -0.385. The minimum atomic E-state index is -2.87. The van der Waals surface area contributed by atoms with Gasteiger partial charge in [0.2, 0.25) is 0 Å². The van der Waals surface area contributed by atoms with Gasteiger partial charge in [0.25, 0.3) is 12.1 Å². The van der Waals surface area contributed by atoms with Crippen molar-refractivity contribution in [3.63, 3.8) is 0 Å². The van der Waals surface area contributed by atoms with Gasteiger partial charge in [-0.15, -0.1) is 0 Å². The predicted molar refractivity (Wildman–Crippen MR) is 55.8 cm³/mol. The molecule has 0 N–H and O–H groups in total. The highest BCUT2D eigenvalue weighted by Gasteiger charge is 2.23. The molecule has 0 aliphatic rings. The van der Waals surface area contributed by atoms with Crippen LogP contribution in [0.1, 0.15) is 29.3 Å². The fourth-order valence-electron chi connectivity index (χ4n) is 1.22. The van der Waals surface area contributed by atoms with E-state index in [0.29, 0.717) is 0 Å². The molecule has 1 aromatic rings. The Labute approximate surface area is 97.5 Å². The van der Waals surface area contributed by atoms with Crippen molar-refractivity contribution in [2.24, 2.45) is 0 Å². The fourth-order valence-corrected chi connectivity index (χ4v) is 1.84. The molecule has 0 radical (unpaired) electrons. The van der Waals surface area contributed by atoms with E-state index in [1.165, 1.54) is 0 Å². The Morgan fingerprint density at radius 1 is 1.50 bits per heavy atom. The first kappa shape index (κ1) is 12.7. The van der Waals surface area contributed by atoms with Gasteiger partial charge in [-0.05, 0) is 6.92 Å². The zero-order chi connectivity index (χ0) is 12.5. The minimum absolute atomic E-state index is 0.137. The summed E-state index contributed by atoms with van der Waals surface area (Å²) >= 11 is 2.80. The van der Waals surface area contributed by atoms with Gasteiger partial charge in [0.05, 0.1) is 4.92 Å². The summed E-state index contributed by atoms with van der Waals surface area (Å²) in [5, 5.41) is 10.5. The number of hydrogen-bond acceptors (Lipinski definition) is 3. The number of nitrogens with zero attached hydrogens (tertiary/aromatic N) is 1. The van der Waals surface area contributed by atoms with Crippen LogP contribution < -0.4 is 0 Å². The smallest absolute Gasteiger partial charge is 0.271 e. The molecule has 0 saturated heterocycles. The lowest BCUT2D eigenvalue weighted by atomic mass is 10.0. The van der Waals surface area contributed by atoms with Crippen molar-refractivity contribution in [3.8, 4) is 0 Å². The number of nitro benzene ring substituents is 1. The maximum Gasteiger partial charge on any atom is 0.271 e. The van der Waals surface area contributed by atoms with E-state index in [4.69, 9.17) is 0 Å². The van der Waals surface area contributed by atoms with Gasteiger partial charge in [0, 0.05) is 27.7 Å². The van der Waals surface area contributed by atoms with Gasteiger partial charge in [-0.2, -0.15) is 0 Å². The second-order valence-electron chi connectivity index (χ2n) is 3.00. The maximum absolute atomic E-state index is 12.6. The second kappa shape index (κ2) is 4.65. The first-order valence-corrected chi connectivity index (χ1v) is 4.90. The molecule has 0 heterocycles. The molecule has 0 bridgehead atoms. The number of non-ortho nitro benzene ring substituents is 1. The third kappa shape index (κ3) is 2.41. The second-order valence-corrected chi connectivity index (χ2v) is 3.86. The number of alkyl halides is 2. The molecule has 16 heavy (non-hydrogen) atoms. The number of rotatable bonds is 3. The van der Waals surface area contributed by atoms with Gasteiger partial charge < -0.3 is 0 Å². The average molecular weight is 294 g/mol. The Bertz CT molecular complexity index is 462. The van der Waals surface area contributed by atoms with Crippen LogP contribution in [0, 0.1) is 10.1 Å². The van der Waals surface area contributed by atoms with E-state index >= 15 is 0 Å². The summed E-state index contributed by atoms with van der Waals surface area (Å²) in [6.07, 6.45) is -2.87. The van der Waals surface area contributed by atoms with Crippen molar-refractivity contribution in [2.45, 2.75) is 13.3 Å². The number of ketones is 1. The summed E-state index contributed by atoms with van der Waals surface area (Å²) in [6.45, 7) is 1.08. The van der Waals surface area contributed by atoms with Crippen LogP contribution in [0.5, 0.6) is 0 Å². The van der Waals surface area contributed by atoms with Crippen LogP contribution in [0.3, 0.4) is 0 Å². The Balaban J connectivity index is 3.52. The number of carbonyl (C=O) groups is 1. The van der Waals surface area contributed by atoms with Crippen LogP contribution in [0.25, 0.3) is 0 Å². The molecule has 0 fully saturated rings. The first-order chi connectivity index (χ1) is 7.34. The normalized spacial score (nSPS) is 10.6. The van der Waals surface area contributed by atoms with E-state index in [1.54, 1.807) is 0 Å². The lowest BCUT2D eigenvalue weighted by Gasteiger charge is -2.08. The highest BCUT2D eigenvalue weighted by molar-refractivity contribution is 9.10. The Kier molecular flexibility index (Phi) is 3.69. The average Bonchev–Trinajstić information content (AvgIpc) is 2.15. The summed E-state index contributed by atoms with van der Waals surface area (Å²) in [5.74, 6) is -0.639. The molecule has 0 aromatic heterocycles. The molecule has 0 atom stereocenters. The monoisotopic (exact) mass is 293 g/mol. The molecule has 0 amide bonds. The molecule has 86 valence electrons. The lowest BCUT2D eigenvalue weighted by Crippen LogP contribution is -2.03. The van der Waals surface area contributed by atoms with Gasteiger partial charge in [-0.1, -0.05) is 15.9 Å². The zero-order valence-corrected chi connectivity index (χ0v) is 9.62. The molecule has 1 rings (SSSR count). The van der Waals surface area contributed by atoms with Crippen LogP contribution in [0.4, 0.5) is 14.5 Å².